The third-order valence-electron chi connectivity index (χ3n) is 3.31. The zero-order valence-electron chi connectivity index (χ0n) is 12.1. The average Bonchev–Trinajstić information content (AvgIpc) is 2.53. The quantitative estimate of drug-likeness (QED) is 0.613. The van der Waals surface area contributed by atoms with E-state index in [0.29, 0.717) is 16.2 Å². The molecule has 0 radical (unpaired) electrons. The summed E-state index contributed by atoms with van der Waals surface area (Å²) in [4.78, 5) is 28.5. The van der Waals surface area contributed by atoms with Crippen molar-refractivity contribution in [3.05, 3.63) is 67.5 Å². The Morgan fingerprint density at radius 1 is 1.29 bits per heavy atom. The summed E-state index contributed by atoms with van der Waals surface area (Å²) < 4.78 is 15.4. The third-order valence-corrected chi connectivity index (χ3v) is 4.29. The lowest BCUT2D eigenvalue weighted by Gasteiger charge is -2.09. The molecule has 0 bridgehead atoms. The molecule has 1 heterocycles. The highest BCUT2D eigenvalue weighted by molar-refractivity contribution is 14.1. The predicted molar refractivity (Wildman–Crippen MR) is 98.8 cm³/mol. The Morgan fingerprint density at radius 2 is 2.08 bits per heavy atom. The van der Waals surface area contributed by atoms with Crippen LogP contribution in [0.5, 0.6) is 0 Å². The Hall–Kier alpha value is -2.00. The first-order valence-electron chi connectivity index (χ1n) is 6.83. The van der Waals surface area contributed by atoms with Crippen molar-refractivity contribution in [3.8, 4) is 0 Å². The number of hydrogen-bond acceptors (Lipinski definition) is 3. The fourth-order valence-electron chi connectivity index (χ4n) is 2.18. The lowest BCUT2D eigenvalue weighted by molar-refractivity contribution is -0.116. The van der Waals surface area contributed by atoms with Crippen molar-refractivity contribution >= 4 is 56.7 Å². The second-order valence-corrected chi connectivity index (χ2v) is 6.66. The lowest BCUT2D eigenvalue weighted by atomic mass is 10.2. The molecule has 0 atom stereocenters. The van der Waals surface area contributed by atoms with Gasteiger partial charge in [-0.3, -0.25) is 14.2 Å². The minimum atomic E-state index is -0.533. The number of benzene rings is 2. The van der Waals surface area contributed by atoms with Crippen LogP contribution in [0.3, 0.4) is 0 Å². The first-order chi connectivity index (χ1) is 11.4. The molecule has 122 valence electrons. The van der Waals surface area contributed by atoms with Gasteiger partial charge in [-0.2, -0.15) is 0 Å². The summed E-state index contributed by atoms with van der Waals surface area (Å²) in [5.41, 5.74) is 0.344. The van der Waals surface area contributed by atoms with E-state index in [-0.39, 0.29) is 11.9 Å². The van der Waals surface area contributed by atoms with E-state index in [1.54, 1.807) is 18.2 Å². The molecular weight excluding hydrogens is 448 g/mol. The van der Waals surface area contributed by atoms with Gasteiger partial charge in [0.15, 0.2) is 0 Å². The van der Waals surface area contributed by atoms with E-state index >= 15 is 0 Å². The zero-order valence-corrected chi connectivity index (χ0v) is 15.0. The number of nitrogens with one attached hydrogen (secondary N) is 1. The first-order valence-corrected chi connectivity index (χ1v) is 8.29. The molecule has 3 rings (SSSR count). The number of rotatable bonds is 3. The summed E-state index contributed by atoms with van der Waals surface area (Å²) in [6.45, 7) is -0.249. The maximum atomic E-state index is 13.3. The minimum absolute atomic E-state index is 0.123. The fraction of sp³-hybridized carbons (Fsp3) is 0.0625. The van der Waals surface area contributed by atoms with Gasteiger partial charge in [-0.1, -0.05) is 11.6 Å². The van der Waals surface area contributed by atoms with Gasteiger partial charge in [-0.05, 0) is 59.0 Å². The summed E-state index contributed by atoms with van der Waals surface area (Å²) in [6.07, 6.45) is 1.26. The van der Waals surface area contributed by atoms with Crippen molar-refractivity contribution < 1.29 is 9.18 Å². The molecule has 1 amide bonds. The van der Waals surface area contributed by atoms with Gasteiger partial charge >= 0.3 is 0 Å². The van der Waals surface area contributed by atoms with Crippen LogP contribution in [0.4, 0.5) is 10.1 Å². The van der Waals surface area contributed by atoms with Crippen molar-refractivity contribution in [1.82, 2.24) is 9.55 Å². The van der Waals surface area contributed by atoms with Gasteiger partial charge in [-0.15, -0.1) is 0 Å². The topological polar surface area (TPSA) is 64.0 Å². The Bertz CT molecular complexity index is 1010. The summed E-state index contributed by atoms with van der Waals surface area (Å²) in [6, 6.07) is 8.94. The van der Waals surface area contributed by atoms with E-state index in [0.717, 1.165) is 14.2 Å². The average molecular weight is 458 g/mol. The van der Waals surface area contributed by atoms with Crippen LogP contribution in [0.1, 0.15) is 0 Å². The van der Waals surface area contributed by atoms with Gasteiger partial charge in [0.25, 0.3) is 5.56 Å². The van der Waals surface area contributed by atoms with Crippen molar-refractivity contribution in [2.45, 2.75) is 6.54 Å². The number of hydrogen-bond donors (Lipinski definition) is 1. The van der Waals surface area contributed by atoms with Gasteiger partial charge in [0.2, 0.25) is 5.91 Å². The van der Waals surface area contributed by atoms with Crippen molar-refractivity contribution in [1.29, 1.82) is 0 Å². The van der Waals surface area contributed by atoms with E-state index in [4.69, 9.17) is 11.6 Å². The first kappa shape index (κ1) is 16.8. The largest absolute Gasteiger partial charge is 0.323 e. The standard InChI is InChI=1S/C16H10ClFIN3O2/c17-12-6-10(19)2-4-14(12)21-15(23)7-22-8-20-13-3-1-9(18)5-11(13)16(22)24/h1-6,8H,7H2,(H,21,23). The summed E-state index contributed by atoms with van der Waals surface area (Å²) >= 11 is 8.17. The molecule has 1 aromatic heterocycles. The molecule has 0 spiro atoms. The van der Waals surface area contributed by atoms with Crippen LogP contribution in [-0.4, -0.2) is 15.5 Å². The van der Waals surface area contributed by atoms with Crippen molar-refractivity contribution in [2.75, 3.05) is 5.32 Å². The van der Waals surface area contributed by atoms with Crippen LogP contribution in [0, 0.1) is 9.39 Å². The van der Waals surface area contributed by atoms with Gasteiger partial charge in [0, 0.05) is 3.57 Å². The highest BCUT2D eigenvalue weighted by atomic mass is 127. The van der Waals surface area contributed by atoms with Crippen LogP contribution in [0.2, 0.25) is 5.02 Å². The third kappa shape index (κ3) is 3.57. The van der Waals surface area contributed by atoms with E-state index in [9.17, 15) is 14.0 Å². The number of amides is 1. The Balaban J connectivity index is 1.85. The Labute approximate surface area is 154 Å². The molecule has 0 aliphatic rings. The fourth-order valence-corrected chi connectivity index (χ4v) is 3.08. The normalized spacial score (nSPS) is 10.8. The second kappa shape index (κ2) is 6.86. The zero-order chi connectivity index (χ0) is 17.3. The van der Waals surface area contributed by atoms with E-state index in [2.05, 4.69) is 32.9 Å². The number of aromatic nitrogens is 2. The van der Waals surface area contributed by atoms with Gasteiger partial charge in [0.05, 0.1) is 27.9 Å². The van der Waals surface area contributed by atoms with Gasteiger partial charge < -0.3 is 5.32 Å². The van der Waals surface area contributed by atoms with Crippen LogP contribution >= 0.6 is 34.2 Å². The van der Waals surface area contributed by atoms with Gasteiger partial charge in [-0.25, -0.2) is 9.37 Å². The number of fused-ring (bicyclic) bond motifs is 1. The number of carbonyl (C=O) groups is 1. The number of nitrogens with zero attached hydrogens (tertiary/aromatic N) is 2. The molecule has 0 fully saturated rings. The number of halogens is 3. The van der Waals surface area contributed by atoms with Crippen LogP contribution in [0.25, 0.3) is 10.9 Å². The molecule has 3 aromatic rings. The van der Waals surface area contributed by atoms with Crippen molar-refractivity contribution in [3.63, 3.8) is 0 Å². The monoisotopic (exact) mass is 457 g/mol. The second-order valence-electron chi connectivity index (χ2n) is 5.01. The summed E-state index contributed by atoms with van der Waals surface area (Å²) in [7, 11) is 0. The van der Waals surface area contributed by atoms with E-state index in [1.807, 2.05) is 0 Å². The Morgan fingerprint density at radius 3 is 2.83 bits per heavy atom. The van der Waals surface area contributed by atoms with E-state index < -0.39 is 17.3 Å². The lowest BCUT2D eigenvalue weighted by Crippen LogP contribution is -2.28. The molecule has 1 N–H and O–H groups in total. The molecule has 0 unspecified atom stereocenters. The molecule has 0 aliphatic heterocycles. The van der Waals surface area contributed by atoms with E-state index in [1.165, 1.54) is 18.5 Å². The van der Waals surface area contributed by atoms with Crippen LogP contribution in [0.15, 0.2) is 47.5 Å². The maximum absolute atomic E-state index is 13.3. The molecule has 0 saturated heterocycles. The molecular formula is C16H10ClFIN3O2. The minimum Gasteiger partial charge on any atom is -0.323 e. The summed E-state index contributed by atoms with van der Waals surface area (Å²) in [5.74, 6) is -0.966. The molecule has 0 saturated carbocycles. The number of anilines is 1. The summed E-state index contributed by atoms with van der Waals surface area (Å²) in [5, 5.41) is 3.16. The highest BCUT2D eigenvalue weighted by Gasteiger charge is 2.10. The van der Waals surface area contributed by atoms with Crippen LogP contribution < -0.4 is 10.9 Å². The molecule has 24 heavy (non-hydrogen) atoms. The smallest absolute Gasteiger partial charge is 0.261 e. The van der Waals surface area contributed by atoms with Gasteiger partial charge in [0.1, 0.15) is 12.4 Å². The van der Waals surface area contributed by atoms with Crippen LogP contribution in [-0.2, 0) is 11.3 Å². The highest BCUT2D eigenvalue weighted by Crippen LogP contribution is 2.23. The SMILES string of the molecule is O=C(Cn1cnc2ccc(F)cc2c1=O)Nc1ccc(I)cc1Cl. The van der Waals surface area contributed by atoms with Crippen molar-refractivity contribution in [2.24, 2.45) is 0 Å². The molecule has 5 nitrogen and oxygen atoms in total. The predicted octanol–water partition coefficient (Wildman–Crippen LogP) is 3.43. The molecule has 0 aliphatic carbocycles. The number of carbonyl (C=O) groups excluding carboxylic acids is 1. The Kier molecular flexibility index (Phi) is 4.81. The molecule has 2 aromatic carbocycles. The maximum Gasteiger partial charge on any atom is 0.261 e. The molecule has 8 heteroatoms.